The summed E-state index contributed by atoms with van der Waals surface area (Å²) in [7, 11) is 0. The summed E-state index contributed by atoms with van der Waals surface area (Å²) in [5.74, 6) is 2.00. The monoisotopic (exact) mass is 320 g/mol. The molecule has 0 aromatic heterocycles. The minimum atomic E-state index is 0.0803. The Labute approximate surface area is 142 Å². The third-order valence-corrected chi connectivity index (χ3v) is 6.64. The van der Waals surface area contributed by atoms with E-state index in [-0.39, 0.29) is 11.4 Å². The zero-order valence-corrected chi connectivity index (χ0v) is 15.6. The smallest absolute Gasteiger partial charge is 0.220 e. The van der Waals surface area contributed by atoms with Crippen LogP contribution in [0, 0.1) is 28.6 Å². The summed E-state index contributed by atoms with van der Waals surface area (Å²) in [5.41, 5.74) is 6.87. The lowest BCUT2D eigenvalue weighted by Crippen LogP contribution is -2.65. The molecule has 23 heavy (non-hydrogen) atoms. The first-order chi connectivity index (χ1) is 10.6. The molecule has 4 bridgehead atoms. The molecule has 0 heterocycles. The molecule has 132 valence electrons. The molecule has 1 amide bonds. The number of amides is 1. The van der Waals surface area contributed by atoms with Crippen molar-refractivity contribution in [2.75, 3.05) is 6.54 Å². The quantitative estimate of drug-likeness (QED) is 0.780. The van der Waals surface area contributed by atoms with Gasteiger partial charge in [-0.3, -0.25) is 4.79 Å². The van der Waals surface area contributed by atoms with Crippen molar-refractivity contribution in [2.24, 2.45) is 34.3 Å². The maximum absolute atomic E-state index is 12.7. The van der Waals surface area contributed by atoms with Crippen LogP contribution < -0.4 is 11.1 Å². The van der Waals surface area contributed by atoms with Crippen LogP contribution in [0.1, 0.15) is 79.1 Å². The average Bonchev–Trinajstić information content (AvgIpc) is 2.31. The first kappa shape index (κ1) is 17.3. The summed E-state index contributed by atoms with van der Waals surface area (Å²) in [6.07, 6.45) is 9.35. The Kier molecular flexibility index (Phi) is 4.32. The van der Waals surface area contributed by atoms with Crippen molar-refractivity contribution in [3.8, 4) is 0 Å². The van der Waals surface area contributed by atoms with Gasteiger partial charge in [-0.25, -0.2) is 0 Å². The van der Waals surface area contributed by atoms with E-state index in [1.54, 1.807) is 0 Å². The van der Waals surface area contributed by atoms with Crippen LogP contribution in [0.5, 0.6) is 0 Å². The van der Waals surface area contributed by atoms with Gasteiger partial charge in [-0.05, 0) is 80.1 Å². The van der Waals surface area contributed by atoms with Crippen LogP contribution in [0.25, 0.3) is 0 Å². The highest BCUT2D eigenvalue weighted by molar-refractivity contribution is 5.77. The highest BCUT2D eigenvalue weighted by atomic mass is 16.1. The van der Waals surface area contributed by atoms with Crippen LogP contribution in [0.4, 0.5) is 0 Å². The van der Waals surface area contributed by atoms with Gasteiger partial charge in [0, 0.05) is 12.0 Å². The fourth-order valence-corrected chi connectivity index (χ4v) is 7.13. The molecule has 3 atom stereocenters. The lowest BCUT2D eigenvalue weighted by Gasteiger charge is -2.65. The van der Waals surface area contributed by atoms with Crippen molar-refractivity contribution in [1.29, 1.82) is 0 Å². The molecule has 0 aromatic carbocycles. The van der Waals surface area contributed by atoms with Crippen LogP contribution >= 0.6 is 0 Å². The van der Waals surface area contributed by atoms with Crippen LogP contribution in [-0.4, -0.2) is 18.0 Å². The molecule has 4 aliphatic rings. The van der Waals surface area contributed by atoms with Gasteiger partial charge >= 0.3 is 0 Å². The number of carbonyl (C=O) groups is 1. The average molecular weight is 321 g/mol. The van der Waals surface area contributed by atoms with Gasteiger partial charge in [0.1, 0.15) is 0 Å². The maximum Gasteiger partial charge on any atom is 0.220 e. The molecule has 3 N–H and O–H groups in total. The molecular formula is C20H36N2O. The van der Waals surface area contributed by atoms with E-state index in [0.717, 1.165) is 12.3 Å². The molecular weight excluding hydrogens is 284 g/mol. The molecule has 0 aromatic rings. The Morgan fingerprint density at radius 2 is 1.74 bits per heavy atom. The Balaban J connectivity index is 1.66. The zero-order valence-electron chi connectivity index (χ0n) is 15.6. The van der Waals surface area contributed by atoms with Crippen LogP contribution in [0.15, 0.2) is 0 Å². The van der Waals surface area contributed by atoms with Gasteiger partial charge in [0.2, 0.25) is 5.91 Å². The Morgan fingerprint density at radius 1 is 1.13 bits per heavy atom. The fraction of sp³-hybridized carbons (Fsp3) is 0.950. The summed E-state index contributed by atoms with van der Waals surface area (Å²) in [6, 6.07) is 0. The van der Waals surface area contributed by atoms with Crippen molar-refractivity contribution < 1.29 is 4.79 Å². The maximum atomic E-state index is 12.7. The lowest BCUT2D eigenvalue weighted by atomic mass is 9.43. The topological polar surface area (TPSA) is 55.1 Å². The number of nitrogens with two attached hydrogens (primary N) is 1. The van der Waals surface area contributed by atoms with Crippen molar-refractivity contribution in [1.82, 2.24) is 5.32 Å². The van der Waals surface area contributed by atoms with Crippen LogP contribution in [0.2, 0.25) is 0 Å². The number of carbonyl (C=O) groups excluding carboxylic acids is 1. The summed E-state index contributed by atoms with van der Waals surface area (Å²) in [6.45, 7) is 9.95. The van der Waals surface area contributed by atoms with Crippen molar-refractivity contribution in [3.05, 3.63) is 0 Å². The second kappa shape index (κ2) is 5.75. The van der Waals surface area contributed by atoms with E-state index in [2.05, 4.69) is 33.0 Å². The predicted molar refractivity (Wildman–Crippen MR) is 94.9 cm³/mol. The van der Waals surface area contributed by atoms with Gasteiger partial charge in [-0.15, -0.1) is 0 Å². The molecule has 4 fully saturated rings. The highest BCUT2D eigenvalue weighted by Crippen LogP contribution is 2.66. The second-order valence-corrected chi connectivity index (χ2v) is 10.4. The molecule has 4 rings (SSSR count). The molecule has 4 saturated carbocycles. The molecule has 3 unspecified atom stereocenters. The Bertz CT molecular complexity index is 454. The van der Waals surface area contributed by atoms with Gasteiger partial charge in [0.05, 0.1) is 0 Å². The zero-order chi connectivity index (χ0) is 16.9. The molecule has 3 nitrogen and oxygen atoms in total. The summed E-state index contributed by atoms with van der Waals surface area (Å²) in [5, 5.41) is 3.52. The molecule has 0 radical (unpaired) electrons. The van der Waals surface area contributed by atoms with Crippen molar-refractivity contribution in [2.45, 2.75) is 84.6 Å². The van der Waals surface area contributed by atoms with Crippen molar-refractivity contribution in [3.63, 3.8) is 0 Å². The van der Waals surface area contributed by atoms with Gasteiger partial charge < -0.3 is 11.1 Å². The predicted octanol–water partition coefficient (Wildman–Crippen LogP) is 3.86. The third kappa shape index (κ3) is 3.60. The van der Waals surface area contributed by atoms with E-state index in [1.807, 2.05) is 0 Å². The lowest BCUT2D eigenvalue weighted by molar-refractivity contribution is -0.140. The normalized spacial score (nSPS) is 43.0. The third-order valence-electron chi connectivity index (χ3n) is 6.64. The van der Waals surface area contributed by atoms with Crippen LogP contribution in [0.3, 0.4) is 0 Å². The molecule has 4 aliphatic carbocycles. The van der Waals surface area contributed by atoms with E-state index >= 15 is 0 Å². The Hall–Kier alpha value is -0.570. The molecule has 0 saturated heterocycles. The van der Waals surface area contributed by atoms with Crippen molar-refractivity contribution >= 4 is 5.91 Å². The highest BCUT2D eigenvalue weighted by Gasteiger charge is 2.60. The number of nitrogens with one attached hydrogen (secondary N) is 1. The summed E-state index contributed by atoms with van der Waals surface area (Å²) < 4.78 is 0. The SMILES string of the molecule is CC(C)CC(CN)CC(=O)NC12CC3CC(C)(CC(C)(C3)C1)C2. The molecule has 0 spiro atoms. The molecule has 0 aliphatic heterocycles. The Morgan fingerprint density at radius 3 is 2.22 bits per heavy atom. The van der Waals surface area contributed by atoms with E-state index in [9.17, 15) is 4.79 Å². The van der Waals surface area contributed by atoms with Crippen LogP contribution in [-0.2, 0) is 4.79 Å². The minimum absolute atomic E-state index is 0.0803. The fourth-order valence-electron chi connectivity index (χ4n) is 7.13. The van der Waals surface area contributed by atoms with Gasteiger partial charge in [0.15, 0.2) is 0 Å². The number of hydrogen-bond donors (Lipinski definition) is 2. The first-order valence-corrected chi connectivity index (χ1v) is 9.66. The second-order valence-electron chi connectivity index (χ2n) is 10.4. The van der Waals surface area contributed by atoms with E-state index in [4.69, 9.17) is 5.73 Å². The molecule has 3 heteroatoms. The summed E-state index contributed by atoms with van der Waals surface area (Å²) in [4.78, 5) is 12.7. The van der Waals surface area contributed by atoms with E-state index in [1.165, 1.54) is 38.5 Å². The summed E-state index contributed by atoms with van der Waals surface area (Å²) >= 11 is 0. The number of rotatable bonds is 6. The van der Waals surface area contributed by atoms with E-state index in [0.29, 0.717) is 35.6 Å². The van der Waals surface area contributed by atoms with E-state index < -0.39 is 0 Å². The minimum Gasteiger partial charge on any atom is -0.351 e. The number of hydrogen-bond acceptors (Lipinski definition) is 2. The van der Waals surface area contributed by atoms with Gasteiger partial charge in [-0.2, -0.15) is 0 Å². The van der Waals surface area contributed by atoms with Gasteiger partial charge in [0.25, 0.3) is 0 Å². The largest absolute Gasteiger partial charge is 0.351 e. The van der Waals surface area contributed by atoms with Gasteiger partial charge in [-0.1, -0.05) is 27.7 Å². The first-order valence-electron chi connectivity index (χ1n) is 9.66. The standard InChI is InChI=1S/C20H36N2O/c1-14(2)5-15(10-21)6-17(23)22-20-9-16-7-18(3,12-20)11-19(4,8-16)13-20/h14-16H,5-13,21H2,1-4H3,(H,22,23).